The van der Waals surface area contributed by atoms with Gasteiger partial charge in [0.05, 0.1) is 6.54 Å². The summed E-state index contributed by atoms with van der Waals surface area (Å²) in [6.07, 6.45) is 2.52. The first-order valence-corrected chi connectivity index (χ1v) is 6.31. The zero-order chi connectivity index (χ0) is 12.5. The second-order valence-corrected chi connectivity index (χ2v) is 4.89. The summed E-state index contributed by atoms with van der Waals surface area (Å²) in [5.41, 5.74) is 1.44. The molecule has 0 spiro atoms. The molecule has 1 aliphatic carbocycles. The standard InChI is InChI=1S/C15H16FNO/c1-10-2-3-11(8-14(10)16)15-7-6-13(18-15)9-17-12-4-5-12/h2-3,6-8,12,17H,4-5,9H2,1H3. The Morgan fingerprint density at radius 3 is 2.83 bits per heavy atom. The molecule has 1 aromatic heterocycles. The van der Waals surface area contributed by atoms with Crippen molar-refractivity contribution in [1.82, 2.24) is 5.32 Å². The molecule has 0 aliphatic heterocycles. The lowest BCUT2D eigenvalue weighted by Gasteiger charge is -2.01. The van der Waals surface area contributed by atoms with Gasteiger partial charge in [-0.3, -0.25) is 0 Å². The highest BCUT2D eigenvalue weighted by Gasteiger charge is 2.20. The maximum atomic E-state index is 13.5. The average molecular weight is 245 g/mol. The Kier molecular flexibility index (Phi) is 2.92. The van der Waals surface area contributed by atoms with Gasteiger partial charge in [-0.05, 0) is 43.5 Å². The van der Waals surface area contributed by atoms with E-state index in [1.54, 1.807) is 13.0 Å². The van der Waals surface area contributed by atoms with E-state index in [9.17, 15) is 4.39 Å². The monoisotopic (exact) mass is 245 g/mol. The summed E-state index contributed by atoms with van der Waals surface area (Å²) in [5, 5.41) is 3.39. The number of aryl methyl sites for hydroxylation is 1. The summed E-state index contributed by atoms with van der Waals surface area (Å²) in [7, 11) is 0. The van der Waals surface area contributed by atoms with Gasteiger partial charge < -0.3 is 9.73 Å². The van der Waals surface area contributed by atoms with Crippen molar-refractivity contribution in [3.8, 4) is 11.3 Å². The Balaban J connectivity index is 1.76. The van der Waals surface area contributed by atoms with Crippen LogP contribution in [0.5, 0.6) is 0 Å². The average Bonchev–Trinajstić information content (AvgIpc) is 3.08. The lowest BCUT2D eigenvalue weighted by molar-refractivity contribution is 0.492. The van der Waals surface area contributed by atoms with E-state index < -0.39 is 0 Å². The van der Waals surface area contributed by atoms with Crippen LogP contribution in [0.25, 0.3) is 11.3 Å². The number of furan rings is 1. The summed E-state index contributed by atoms with van der Waals surface area (Å²) < 4.78 is 19.2. The van der Waals surface area contributed by atoms with Crippen LogP contribution in [0.15, 0.2) is 34.7 Å². The van der Waals surface area contributed by atoms with Gasteiger partial charge in [0, 0.05) is 11.6 Å². The fourth-order valence-corrected chi connectivity index (χ4v) is 1.91. The molecule has 3 rings (SSSR count). The van der Waals surface area contributed by atoms with Crippen molar-refractivity contribution in [2.75, 3.05) is 0 Å². The lowest BCUT2D eigenvalue weighted by Crippen LogP contribution is -2.14. The van der Waals surface area contributed by atoms with E-state index in [1.807, 2.05) is 18.2 Å². The van der Waals surface area contributed by atoms with Gasteiger partial charge in [-0.15, -0.1) is 0 Å². The highest BCUT2D eigenvalue weighted by molar-refractivity contribution is 5.58. The molecule has 1 aromatic carbocycles. The number of halogens is 1. The molecule has 0 amide bonds. The summed E-state index contributed by atoms with van der Waals surface area (Å²) >= 11 is 0. The van der Waals surface area contributed by atoms with Gasteiger partial charge >= 0.3 is 0 Å². The Bertz CT molecular complexity index is 557. The molecular formula is C15H16FNO. The van der Waals surface area contributed by atoms with Crippen molar-refractivity contribution in [2.24, 2.45) is 0 Å². The molecule has 1 saturated carbocycles. The number of hydrogen-bond donors (Lipinski definition) is 1. The number of hydrogen-bond acceptors (Lipinski definition) is 2. The van der Waals surface area contributed by atoms with Crippen molar-refractivity contribution in [3.63, 3.8) is 0 Å². The second kappa shape index (κ2) is 4.58. The van der Waals surface area contributed by atoms with Crippen molar-refractivity contribution < 1.29 is 8.81 Å². The minimum Gasteiger partial charge on any atom is -0.460 e. The van der Waals surface area contributed by atoms with E-state index in [1.165, 1.54) is 18.9 Å². The largest absolute Gasteiger partial charge is 0.460 e. The molecule has 0 saturated heterocycles. The van der Waals surface area contributed by atoms with Crippen LogP contribution < -0.4 is 5.32 Å². The van der Waals surface area contributed by atoms with Crippen LogP contribution >= 0.6 is 0 Å². The number of rotatable bonds is 4. The molecule has 1 heterocycles. The third-order valence-electron chi connectivity index (χ3n) is 3.26. The van der Waals surface area contributed by atoms with Crippen molar-refractivity contribution in [2.45, 2.75) is 32.4 Å². The molecule has 1 N–H and O–H groups in total. The molecule has 18 heavy (non-hydrogen) atoms. The predicted molar refractivity (Wildman–Crippen MR) is 68.7 cm³/mol. The molecule has 0 unspecified atom stereocenters. The molecule has 2 nitrogen and oxygen atoms in total. The first-order chi connectivity index (χ1) is 8.72. The highest BCUT2D eigenvalue weighted by Crippen LogP contribution is 2.25. The maximum Gasteiger partial charge on any atom is 0.134 e. The van der Waals surface area contributed by atoms with Gasteiger partial charge in [-0.1, -0.05) is 12.1 Å². The summed E-state index contributed by atoms with van der Waals surface area (Å²) in [6, 6.07) is 9.68. The molecule has 0 bridgehead atoms. The molecular weight excluding hydrogens is 229 g/mol. The zero-order valence-electron chi connectivity index (χ0n) is 10.4. The van der Waals surface area contributed by atoms with Crippen LogP contribution in [0.3, 0.4) is 0 Å². The fraction of sp³-hybridized carbons (Fsp3) is 0.333. The SMILES string of the molecule is Cc1ccc(-c2ccc(CNC3CC3)o2)cc1F. The number of benzene rings is 1. The third kappa shape index (κ3) is 2.46. The van der Waals surface area contributed by atoms with E-state index in [4.69, 9.17) is 4.42 Å². The molecule has 1 fully saturated rings. The minimum absolute atomic E-state index is 0.193. The third-order valence-corrected chi connectivity index (χ3v) is 3.26. The highest BCUT2D eigenvalue weighted by atomic mass is 19.1. The van der Waals surface area contributed by atoms with Crippen molar-refractivity contribution >= 4 is 0 Å². The fourth-order valence-electron chi connectivity index (χ4n) is 1.91. The quantitative estimate of drug-likeness (QED) is 0.889. The summed E-state index contributed by atoms with van der Waals surface area (Å²) in [6.45, 7) is 2.51. The normalized spacial score (nSPS) is 15.0. The minimum atomic E-state index is -0.193. The number of nitrogens with one attached hydrogen (secondary N) is 1. The van der Waals surface area contributed by atoms with Gasteiger partial charge in [-0.25, -0.2) is 4.39 Å². The summed E-state index contributed by atoms with van der Waals surface area (Å²) in [5.74, 6) is 1.43. The Hall–Kier alpha value is -1.61. The first-order valence-electron chi connectivity index (χ1n) is 6.31. The van der Waals surface area contributed by atoms with Crippen molar-refractivity contribution in [1.29, 1.82) is 0 Å². The smallest absolute Gasteiger partial charge is 0.134 e. The van der Waals surface area contributed by atoms with E-state index in [0.29, 0.717) is 11.6 Å². The van der Waals surface area contributed by atoms with Crippen LogP contribution in [0, 0.1) is 12.7 Å². The topological polar surface area (TPSA) is 25.2 Å². The predicted octanol–water partition coefficient (Wildman–Crippen LogP) is 3.65. The van der Waals surface area contributed by atoms with Crippen LogP contribution in [0.2, 0.25) is 0 Å². The van der Waals surface area contributed by atoms with Gasteiger partial charge in [0.2, 0.25) is 0 Å². The van der Waals surface area contributed by atoms with E-state index >= 15 is 0 Å². The van der Waals surface area contributed by atoms with E-state index in [-0.39, 0.29) is 5.82 Å². The Morgan fingerprint density at radius 2 is 2.11 bits per heavy atom. The van der Waals surface area contributed by atoms with Gasteiger partial charge in [-0.2, -0.15) is 0 Å². The Morgan fingerprint density at radius 1 is 1.28 bits per heavy atom. The van der Waals surface area contributed by atoms with Crippen LogP contribution in [-0.2, 0) is 6.54 Å². The second-order valence-electron chi connectivity index (χ2n) is 4.89. The van der Waals surface area contributed by atoms with Gasteiger partial charge in [0.1, 0.15) is 17.3 Å². The van der Waals surface area contributed by atoms with E-state index in [0.717, 1.165) is 23.6 Å². The summed E-state index contributed by atoms with van der Waals surface area (Å²) in [4.78, 5) is 0. The lowest BCUT2D eigenvalue weighted by atomic mass is 10.1. The van der Waals surface area contributed by atoms with Crippen LogP contribution in [-0.4, -0.2) is 6.04 Å². The van der Waals surface area contributed by atoms with E-state index in [2.05, 4.69) is 5.32 Å². The molecule has 1 aliphatic rings. The van der Waals surface area contributed by atoms with Crippen LogP contribution in [0.1, 0.15) is 24.2 Å². The molecule has 94 valence electrons. The molecule has 2 aromatic rings. The zero-order valence-corrected chi connectivity index (χ0v) is 10.4. The Labute approximate surface area is 106 Å². The molecule has 3 heteroatoms. The maximum absolute atomic E-state index is 13.5. The van der Waals surface area contributed by atoms with Crippen molar-refractivity contribution in [3.05, 3.63) is 47.5 Å². The molecule has 0 radical (unpaired) electrons. The van der Waals surface area contributed by atoms with Gasteiger partial charge in [0.15, 0.2) is 0 Å². The van der Waals surface area contributed by atoms with Crippen LogP contribution in [0.4, 0.5) is 4.39 Å². The molecule has 0 atom stereocenters. The van der Waals surface area contributed by atoms with Gasteiger partial charge in [0.25, 0.3) is 0 Å². The first kappa shape index (κ1) is 11.5.